The minimum absolute atomic E-state index is 0.355. The van der Waals surface area contributed by atoms with Gasteiger partial charge in [0.1, 0.15) is 0 Å². The van der Waals surface area contributed by atoms with Gasteiger partial charge >= 0.3 is 0 Å². The Labute approximate surface area is 119 Å². The molecule has 0 aliphatic heterocycles. The minimum atomic E-state index is 0.355. The highest BCUT2D eigenvalue weighted by Gasteiger charge is 2.16. The van der Waals surface area contributed by atoms with Gasteiger partial charge in [0.25, 0.3) is 0 Å². The standard InChI is InChI=1S/C15H20ClN3/c1-11-8-13(19(3)18-11)9-12(10-17-2)14-6-4-5-7-15(14)16/h4-8,12,17H,9-10H2,1-3H3. The SMILES string of the molecule is CNCC(Cc1cc(C)nn1C)c1ccccc1Cl. The molecule has 2 aromatic rings. The molecule has 1 heterocycles. The Bertz CT molecular complexity index is 548. The smallest absolute Gasteiger partial charge is 0.0596 e. The topological polar surface area (TPSA) is 29.9 Å². The van der Waals surface area contributed by atoms with E-state index in [1.165, 1.54) is 11.3 Å². The van der Waals surface area contributed by atoms with E-state index < -0.39 is 0 Å². The Morgan fingerprint density at radius 1 is 1.37 bits per heavy atom. The van der Waals surface area contributed by atoms with E-state index in [1.807, 2.05) is 43.9 Å². The molecule has 19 heavy (non-hydrogen) atoms. The number of rotatable bonds is 5. The molecular weight excluding hydrogens is 258 g/mol. The summed E-state index contributed by atoms with van der Waals surface area (Å²) in [7, 11) is 3.96. The van der Waals surface area contributed by atoms with E-state index in [-0.39, 0.29) is 0 Å². The highest BCUT2D eigenvalue weighted by Crippen LogP contribution is 2.27. The lowest BCUT2D eigenvalue weighted by Gasteiger charge is -2.18. The summed E-state index contributed by atoms with van der Waals surface area (Å²) in [5.74, 6) is 0.355. The van der Waals surface area contributed by atoms with Gasteiger partial charge in [0.15, 0.2) is 0 Å². The third-order valence-corrected chi connectivity index (χ3v) is 3.69. The van der Waals surface area contributed by atoms with E-state index in [0.29, 0.717) is 5.92 Å². The van der Waals surface area contributed by atoms with Crippen LogP contribution in [0.1, 0.15) is 22.9 Å². The Morgan fingerprint density at radius 3 is 2.68 bits per heavy atom. The molecule has 0 aliphatic rings. The van der Waals surface area contributed by atoms with Gasteiger partial charge in [-0.3, -0.25) is 4.68 Å². The monoisotopic (exact) mass is 277 g/mol. The van der Waals surface area contributed by atoms with Crippen molar-refractivity contribution in [1.82, 2.24) is 15.1 Å². The molecule has 0 saturated heterocycles. The molecule has 102 valence electrons. The van der Waals surface area contributed by atoms with Gasteiger partial charge in [-0.25, -0.2) is 0 Å². The van der Waals surface area contributed by atoms with Crippen molar-refractivity contribution in [3.8, 4) is 0 Å². The number of aryl methyl sites for hydroxylation is 2. The van der Waals surface area contributed by atoms with Crippen molar-refractivity contribution in [1.29, 1.82) is 0 Å². The minimum Gasteiger partial charge on any atom is -0.319 e. The van der Waals surface area contributed by atoms with Crippen LogP contribution in [0.25, 0.3) is 0 Å². The summed E-state index contributed by atoms with van der Waals surface area (Å²) in [6, 6.07) is 10.2. The fraction of sp³-hybridized carbons (Fsp3) is 0.400. The second-order valence-corrected chi connectivity index (χ2v) is 5.29. The summed E-state index contributed by atoms with van der Waals surface area (Å²) in [5.41, 5.74) is 3.48. The molecule has 1 aromatic carbocycles. The Hall–Kier alpha value is -1.32. The number of hydrogen-bond acceptors (Lipinski definition) is 2. The zero-order valence-electron chi connectivity index (χ0n) is 11.7. The number of likely N-dealkylation sites (N-methyl/N-ethyl adjacent to an activating group) is 1. The molecule has 0 radical (unpaired) electrons. The van der Waals surface area contributed by atoms with Gasteiger partial charge in [0, 0.05) is 30.2 Å². The maximum absolute atomic E-state index is 6.32. The first kappa shape index (κ1) is 14.1. The largest absolute Gasteiger partial charge is 0.319 e. The number of hydrogen-bond donors (Lipinski definition) is 1. The van der Waals surface area contributed by atoms with Gasteiger partial charge in [-0.05, 0) is 38.1 Å². The van der Waals surface area contributed by atoms with Crippen LogP contribution in [0.2, 0.25) is 5.02 Å². The van der Waals surface area contributed by atoms with Gasteiger partial charge < -0.3 is 5.32 Å². The lowest BCUT2D eigenvalue weighted by atomic mass is 9.94. The lowest BCUT2D eigenvalue weighted by Crippen LogP contribution is -2.20. The predicted octanol–water partition coefficient (Wildman–Crippen LogP) is 2.93. The fourth-order valence-electron chi connectivity index (χ4n) is 2.45. The molecule has 4 heteroatoms. The molecule has 1 aromatic heterocycles. The number of nitrogens with one attached hydrogen (secondary N) is 1. The third kappa shape index (κ3) is 3.37. The summed E-state index contributed by atoms with van der Waals surface area (Å²) < 4.78 is 1.95. The Kier molecular flexibility index (Phi) is 4.61. The first-order valence-corrected chi connectivity index (χ1v) is 6.88. The van der Waals surface area contributed by atoms with Crippen LogP contribution in [0, 0.1) is 6.92 Å². The second kappa shape index (κ2) is 6.22. The molecule has 0 fully saturated rings. The van der Waals surface area contributed by atoms with Crippen LogP contribution in [0.5, 0.6) is 0 Å². The van der Waals surface area contributed by atoms with E-state index in [1.54, 1.807) is 0 Å². The fourth-order valence-corrected chi connectivity index (χ4v) is 2.74. The van der Waals surface area contributed by atoms with Crippen molar-refractivity contribution in [3.05, 3.63) is 52.3 Å². The van der Waals surface area contributed by atoms with Crippen molar-refractivity contribution < 1.29 is 0 Å². The van der Waals surface area contributed by atoms with Crippen molar-refractivity contribution in [3.63, 3.8) is 0 Å². The molecule has 0 bridgehead atoms. The molecule has 0 amide bonds. The van der Waals surface area contributed by atoms with Gasteiger partial charge in [-0.2, -0.15) is 5.10 Å². The van der Waals surface area contributed by atoms with Crippen molar-refractivity contribution in [2.75, 3.05) is 13.6 Å². The zero-order valence-corrected chi connectivity index (χ0v) is 12.4. The maximum Gasteiger partial charge on any atom is 0.0596 e. The molecule has 0 aliphatic carbocycles. The first-order chi connectivity index (χ1) is 9.11. The number of halogens is 1. The average Bonchev–Trinajstić information content (AvgIpc) is 2.68. The summed E-state index contributed by atoms with van der Waals surface area (Å²) in [5, 5.41) is 8.49. The highest BCUT2D eigenvalue weighted by molar-refractivity contribution is 6.31. The molecule has 1 unspecified atom stereocenters. The van der Waals surface area contributed by atoms with Gasteiger partial charge in [-0.15, -0.1) is 0 Å². The van der Waals surface area contributed by atoms with E-state index in [9.17, 15) is 0 Å². The molecule has 2 rings (SSSR count). The maximum atomic E-state index is 6.32. The Morgan fingerprint density at radius 2 is 2.11 bits per heavy atom. The molecule has 0 saturated carbocycles. The number of nitrogens with zero attached hydrogens (tertiary/aromatic N) is 2. The van der Waals surface area contributed by atoms with Gasteiger partial charge in [0.2, 0.25) is 0 Å². The molecular formula is C15H20ClN3. The highest BCUT2D eigenvalue weighted by atomic mass is 35.5. The Balaban J connectivity index is 2.26. The number of benzene rings is 1. The van der Waals surface area contributed by atoms with Crippen LogP contribution in [0.3, 0.4) is 0 Å². The van der Waals surface area contributed by atoms with Crippen LogP contribution >= 0.6 is 11.6 Å². The average molecular weight is 278 g/mol. The molecule has 1 atom stereocenters. The van der Waals surface area contributed by atoms with Crippen molar-refractivity contribution in [2.45, 2.75) is 19.3 Å². The normalized spacial score (nSPS) is 12.6. The summed E-state index contributed by atoms with van der Waals surface area (Å²) in [6.45, 7) is 2.92. The number of aromatic nitrogens is 2. The van der Waals surface area contributed by atoms with Crippen LogP contribution in [0.15, 0.2) is 30.3 Å². The lowest BCUT2D eigenvalue weighted by molar-refractivity contribution is 0.591. The van der Waals surface area contributed by atoms with E-state index >= 15 is 0 Å². The van der Waals surface area contributed by atoms with Crippen LogP contribution in [0.4, 0.5) is 0 Å². The molecule has 1 N–H and O–H groups in total. The second-order valence-electron chi connectivity index (χ2n) is 4.88. The van der Waals surface area contributed by atoms with Crippen LogP contribution < -0.4 is 5.32 Å². The predicted molar refractivity (Wildman–Crippen MR) is 79.8 cm³/mol. The summed E-state index contributed by atoms with van der Waals surface area (Å²) in [4.78, 5) is 0. The van der Waals surface area contributed by atoms with E-state index in [4.69, 9.17) is 11.6 Å². The summed E-state index contributed by atoms with van der Waals surface area (Å²) in [6.07, 6.45) is 0.932. The van der Waals surface area contributed by atoms with E-state index in [0.717, 1.165) is 23.7 Å². The molecule has 0 spiro atoms. The third-order valence-electron chi connectivity index (χ3n) is 3.35. The summed E-state index contributed by atoms with van der Waals surface area (Å²) >= 11 is 6.32. The van der Waals surface area contributed by atoms with E-state index in [2.05, 4.69) is 22.5 Å². The van der Waals surface area contributed by atoms with Crippen LogP contribution in [-0.4, -0.2) is 23.4 Å². The molecule has 3 nitrogen and oxygen atoms in total. The quantitative estimate of drug-likeness (QED) is 0.911. The van der Waals surface area contributed by atoms with Crippen molar-refractivity contribution in [2.24, 2.45) is 7.05 Å². The first-order valence-electron chi connectivity index (χ1n) is 6.50. The zero-order chi connectivity index (χ0) is 13.8. The van der Waals surface area contributed by atoms with Gasteiger partial charge in [0.05, 0.1) is 5.69 Å². The van der Waals surface area contributed by atoms with Crippen LogP contribution in [-0.2, 0) is 13.5 Å². The van der Waals surface area contributed by atoms with Gasteiger partial charge in [-0.1, -0.05) is 29.8 Å². The van der Waals surface area contributed by atoms with Crippen molar-refractivity contribution >= 4 is 11.6 Å².